The van der Waals surface area contributed by atoms with E-state index in [4.69, 9.17) is 16.3 Å². The summed E-state index contributed by atoms with van der Waals surface area (Å²) in [5.41, 5.74) is 2.80. The average molecular weight is 343 g/mol. The molecule has 6 heteroatoms. The van der Waals surface area contributed by atoms with E-state index in [1.807, 2.05) is 37.3 Å². The van der Waals surface area contributed by atoms with Crippen molar-refractivity contribution < 1.29 is 4.74 Å². The molecular weight excluding hydrogens is 324 g/mol. The number of imidazole rings is 1. The summed E-state index contributed by atoms with van der Waals surface area (Å²) in [6.45, 7) is 4.58. The number of aromatic nitrogens is 3. The molecular formula is C18H19ClN4O. The number of hydrogen-bond acceptors (Lipinski definition) is 4. The average Bonchev–Trinajstić information content (AvgIpc) is 3.22. The molecule has 24 heavy (non-hydrogen) atoms. The van der Waals surface area contributed by atoms with E-state index in [9.17, 15) is 0 Å². The van der Waals surface area contributed by atoms with Gasteiger partial charge in [0, 0.05) is 31.5 Å². The minimum Gasteiger partial charge on any atom is -0.377 e. The number of benzene rings is 1. The lowest BCUT2D eigenvalue weighted by molar-refractivity contribution is 0.0787. The molecule has 1 atom stereocenters. The quantitative estimate of drug-likeness (QED) is 0.781. The zero-order valence-electron chi connectivity index (χ0n) is 13.5. The predicted molar refractivity (Wildman–Crippen MR) is 96.6 cm³/mol. The number of fused-ring (bicyclic) bond motifs is 1. The number of hydrogen-bond donors (Lipinski definition) is 1. The van der Waals surface area contributed by atoms with Gasteiger partial charge in [0.25, 0.3) is 0 Å². The monoisotopic (exact) mass is 342 g/mol. The first-order chi connectivity index (χ1) is 11.7. The molecule has 1 N–H and O–H groups in total. The Labute approximate surface area is 145 Å². The van der Waals surface area contributed by atoms with Gasteiger partial charge in [-0.15, -0.1) is 0 Å². The fraction of sp³-hybridized carbons (Fsp3) is 0.333. The molecule has 0 amide bonds. The highest BCUT2D eigenvalue weighted by atomic mass is 35.5. The van der Waals surface area contributed by atoms with Crippen molar-refractivity contribution in [1.82, 2.24) is 15.0 Å². The zero-order chi connectivity index (χ0) is 16.5. The number of rotatable bonds is 4. The second-order valence-electron chi connectivity index (χ2n) is 5.94. The van der Waals surface area contributed by atoms with Crippen molar-refractivity contribution in [3.05, 3.63) is 41.6 Å². The van der Waals surface area contributed by atoms with Crippen LogP contribution in [0.15, 0.2) is 36.5 Å². The van der Waals surface area contributed by atoms with E-state index < -0.39 is 0 Å². The highest BCUT2D eigenvalue weighted by Crippen LogP contribution is 2.31. The maximum Gasteiger partial charge on any atom is 0.140 e. The third-order valence-corrected chi connectivity index (χ3v) is 4.66. The summed E-state index contributed by atoms with van der Waals surface area (Å²) in [7, 11) is 0. The maximum atomic E-state index is 6.38. The van der Waals surface area contributed by atoms with Gasteiger partial charge in [0.1, 0.15) is 11.6 Å². The van der Waals surface area contributed by atoms with Gasteiger partial charge in [-0.2, -0.15) is 0 Å². The predicted octanol–water partition coefficient (Wildman–Crippen LogP) is 3.89. The van der Waals surface area contributed by atoms with Crippen LogP contribution in [-0.4, -0.2) is 40.8 Å². The normalized spacial score (nSPS) is 17.8. The molecule has 0 spiro atoms. The molecule has 0 radical (unpaired) electrons. The van der Waals surface area contributed by atoms with Gasteiger partial charge in [0.05, 0.1) is 22.2 Å². The molecule has 5 nitrogen and oxygen atoms in total. The molecule has 0 saturated carbocycles. The standard InChI is InChI=1S/C18H19ClN4O/c1-2-24-12-7-8-23(11-12)17-9-13(14(19)10-20-17)18-21-15-5-3-4-6-16(15)22-18/h3-6,9-10,12H,2,7-8,11H2,1H3,(H,21,22). The Hall–Kier alpha value is -2.11. The lowest BCUT2D eigenvalue weighted by Crippen LogP contribution is -2.23. The van der Waals surface area contributed by atoms with Crippen LogP contribution in [0.3, 0.4) is 0 Å². The van der Waals surface area contributed by atoms with E-state index in [1.165, 1.54) is 0 Å². The molecule has 1 aliphatic rings. The fourth-order valence-electron chi connectivity index (χ4n) is 3.17. The minimum atomic E-state index is 0.280. The topological polar surface area (TPSA) is 54.0 Å². The zero-order valence-corrected chi connectivity index (χ0v) is 14.3. The van der Waals surface area contributed by atoms with Crippen LogP contribution in [0, 0.1) is 0 Å². The number of pyridine rings is 1. The lowest BCUT2D eigenvalue weighted by atomic mass is 10.2. The Morgan fingerprint density at radius 3 is 3.08 bits per heavy atom. The van der Waals surface area contributed by atoms with E-state index in [-0.39, 0.29) is 6.10 Å². The third-order valence-electron chi connectivity index (χ3n) is 4.36. The highest BCUT2D eigenvalue weighted by Gasteiger charge is 2.24. The number of H-pyrrole nitrogens is 1. The summed E-state index contributed by atoms with van der Waals surface area (Å²) in [5, 5.41) is 0.596. The van der Waals surface area contributed by atoms with Gasteiger partial charge >= 0.3 is 0 Å². The van der Waals surface area contributed by atoms with Crippen LogP contribution in [0.25, 0.3) is 22.4 Å². The van der Waals surface area contributed by atoms with E-state index in [0.29, 0.717) is 5.02 Å². The van der Waals surface area contributed by atoms with E-state index >= 15 is 0 Å². The minimum absolute atomic E-state index is 0.280. The van der Waals surface area contributed by atoms with Gasteiger partial charge in [0.15, 0.2) is 0 Å². The highest BCUT2D eigenvalue weighted by molar-refractivity contribution is 6.33. The largest absolute Gasteiger partial charge is 0.377 e. The van der Waals surface area contributed by atoms with Gasteiger partial charge in [-0.1, -0.05) is 23.7 Å². The molecule has 1 fully saturated rings. The van der Waals surface area contributed by atoms with Crippen LogP contribution in [0.2, 0.25) is 5.02 Å². The van der Waals surface area contributed by atoms with Crippen LogP contribution in [0.4, 0.5) is 5.82 Å². The smallest absolute Gasteiger partial charge is 0.140 e. The fourth-order valence-corrected chi connectivity index (χ4v) is 3.36. The second kappa shape index (κ2) is 6.42. The number of aromatic amines is 1. The first-order valence-electron chi connectivity index (χ1n) is 8.22. The maximum absolute atomic E-state index is 6.38. The summed E-state index contributed by atoms with van der Waals surface area (Å²) in [5.74, 6) is 1.68. The number of nitrogens with one attached hydrogen (secondary N) is 1. The van der Waals surface area contributed by atoms with Crippen LogP contribution in [-0.2, 0) is 4.74 Å². The lowest BCUT2D eigenvalue weighted by Gasteiger charge is -2.18. The number of para-hydroxylation sites is 2. The van der Waals surface area contributed by atoms with Crippen molar-refractivity contribution in [1.29, 1.82) is 0 Å². The molecule has 1 unspecified atom stereocenters. The Morgan fingerprint density at radius 1 is 1.38 bits per heavy atom. The molecule has 1 aromatic carbocycles. The third kappa shape index (κ3) is 2.85. The van der Waals surface area contributed by atoms with Crippen molar-refractivity contribution in [2.45, 2.75) is 19.4 Å². The van der Waals surface area contributed by atoms with E-state index in [1.54, 1.807) is 6.20 Å². The first kappa shape index (κ1) is 15.4. The number of halogens is 1. The molecule has 124 valence electrons. The van der Waals surface area contributed by atoms with Gasteiger partial charge in [-0.3, -0.25) is 0 Å². The SMILES string of the molecule is CCOC1CCN(c2cc(-c3nc4ccccc4[nH]3)c(Cl)cn2)C1. The summed E-state index contributed by atoms with van der Waals surface area (Å²) in [6, 6.07) is 9.97. The van der Waals surface area contributed by atoms with Gasteiger partial charge < -0.3 is 14.6 Å². The van der Waals surface area contributed by atoms with Crippen LogP contribution < -0.4 is 4.90 Å². The van der Waals surface area contributed by atoms with Crippen LogP contribution in [0.1, 0.15) is 13.3 Å². The Bertz CT molecular complexity index is 830. The summed E-state index contributed by atoms with van der Waals surface area (Å²) in [6.07, 6.45) is 3.01. The Morgan fingerprint density at radius 2 is 2.25 bits per heavy atom. The second-order valence-corrected chi connectivity index (χ2v) is 6.34. The van der Waals surface area contributed by atoms with Crippen LogP contribution >= 0.6 is 11.6 Å². The van der Waals surface area contributed by atoms with Crippen molar-refractivity contribution in [3.63, 3.8) is 0 Å². The van der Waals surface area contributed by atoms with Gasteiger partial charge in [-0.25, -0.2) is 9.97 Å². The molecule has 0 aliphatic carbocycles. The van der Waals surface area contributed by atoms with Crippen molar-refractivity contribution in [3.8, 4) is 11.4 Å². The summed E-state index contributed by atoms with van der Waals surface area (Å²) < 4.78 is 5.72. The van der Waals surface area contributed by atoms with Crippen molar-refractivity contribution in [2.24, 2.45) is 0 Å². The number of nitrogens with zero attached hydrogens (tertiary/aromatic N) is 3. The van der Waals surface area contributed by atoms with Gasteiger partial charge in [0.2, 0.25) is 0 Å². The first-order valence-corrected chi connectivity index (χ1v) is 8.59. The summed E-state index contributed by atoms with van der Waals surface area (Å²) in [4.78, 5) is 14.7. The summed E-state index contributed by atoms with van der Waals surface area (Å²) >= 11 is 6.38. The molecule has 3 heterocycles. The Balaban J connectivity index is 1.66. The van der Waals surface area contributed by atoms with Crippen molar-refractivity contribution in [2.75, 3.05) is 24.6 Å². The van der Waals surface area contributed by atoms with Gasteiger partial charge in [-0.05, 0) is 31.5 Å². The molecule has 4 rings (SSSR count). The molecule has 3 aromatic rings. The Kier molecular flexibility index (Phi) is 4.12. The number of ether oxygens (including phenoxy) is 1. The molecule has 0 bridgehead atoms. The number of anilines is 1. The van der Waals surface area contributed by atoms with Crippen LogP contribution in [0.5, 0.6) is 0 Å². The molecule has 1 saturated heterocycles. The van der Waals surface area contributed by atoms with E-state index in [0.717, 1.165) is 54.4 Å². The van der Waals surface area contributed by atoms with E-state index in [2.05, 4.69) is 19.9 Å². The molecule has 1 aliphatic heterocycles. The van der Waals surface area contributed by atoms with Crippen molar-refractivity contribution >= 4 is 28.5 Å². The molecule has 2 aromatic heterocycles.